The van der Waals surface area contributed by atoms with E-state index < -0.39 is 11.0 Å². The van der Waals surface area contributed by atoms with Crippen molar-refractivity contribution in [1.82, 2.24) is 0 Å². The molecule has 1 saturated heterocycles. The van der Waals surface area contributed by atoms with Crippen LogP contribution in [0, 0.1) is 11.3 Å². The van der Waals surface area contributed by atoms with Gasteiger partial charge in [0.25, 0.3) is 0 Å². The monoisotopic (exact) mass is 346 g/mol. The lowest BCUT2D eigenvalue weighted by molar-refractivity contribution is -0.179. The van der Waals surface area contributed by atoms with E-state index in [-0.39, 0.29) is 5.92 Å². The molecule has 0 unspecified atom stereocenters. The molecule has 3 atom stereocenters. The zero-order valence-electron chi connectivity index (χ0n) is 16.2. The summed E-state index contributed by atoms with van der Waals surface area (Å²) in [5, 5.41) is 0. The third-order valence-corrected chi connectivity index (χ3v) is 6.20. The first-order valence-electron chi connectivity index (χ1n) is 9.84. The average Bonchev–Trinajstić information content (AvgIpc) is 2.94. The van der Waals surface area contributed by atoms with E-state index in [1.54, 1.807) is 0 Å². The average molecular weight is 347 g/mol. The number of aldehydes is 2. The van der Waals surface area contributed by atoms with Gasteiger partial charge in [-0.25, -0.2) is 0 Å². The van der Waals surface area contributed by atoms with Gasteiger partial charge in [0.05, 0.1) is 11.0 Å². The third kappa shape index (κ3) is 4.31. The summed E-state index contributed by atoms with van der Waals surface area (Å²) in [6, 6.07) is 0. The zero-order chi connectivity index (χ0) is 18.3. The quantitative estimate of drug-likeness (QED) is 0.448. The van der Waals surface area contributed by atoms with Crippen molar-refractivity contribution in [1.29, 1.82) is 0 Å². The molecule has 0 aromatic rings. The Morgan fingerprint density at radius 2 is 1.88 bits per heavy atom. The Kier molecular flexibility index (Phi) is 7.18. The number of carbonyl (C=O) groups is 2. The van der Waals surface area contributed by atoms with Crippen LogP contribution >= 0.6 is 0 Å². The molecule has 0 N–H and O–H groups in total. The van der Waals surface area contributed by atoms with Crippen LogP contribution in [-0.4, -0.2) is 24.8 Å². The van der Waals surface area contributed by atoms with Crippen LogP contribution in [0.1, 0.15) is 78.6 Å². The van der Waals surface area contributed by atoms with E-state index >= 15 is 0 Å². The normalized spacial score (nSPS) is 32.6. The Morgan fingerprint density at radius 1 is 1.08 bits per heavy atom. The molecule has 140 valence electrons. The van der Waals surface area contributed by atoms with Gasteiger partial charge in [-0.1, -0.05) is 23.3 Å². The van der Waals surface area contributed by atoms with Gasteiger partial charge in [0, 0.05) is 12.5 Å². The Balaban J connectivity index is 2.05. The smallest absolute Gasteiger partial charge is 0.129 e. The minimum Gasteiger partial charge on any atom is -0.373 e. The highest BCUT2D eigenvalue weighted by atomic mass is 16.5. The lowest BCUT2D eigenvalue weighted by atomic mass is 9.64. The Morgan fingerprint density at radius 3 is 2.56 bits per heavy atom. The predicted molar refractivity (Wildman–Crippen MR) is 101 cm³/mol. The van der Waals surface area contributed by atoms with Crippen molar-refractivity contribution in [2.45, 2.75) is 84.2 Å². The largest absolute Gasteiger partial charge is 0.373 e. The molecule has 3 heteroatoms. The van der Waals surface area contributed by atoms with E-state index in [9.17, 15) is 9.59 Å². The van der Waals surface area contributed by atoms with E-state index in [2.05, 4.69) is 32.9 Å². The number of ether oxygens (including phenoxy) is 1. The first-order valence-corrected chi connectivity index (χ1v) is 9.84. The molecule has 2 rings (SSSR count). The SMILES string of the molecule is CC(C)=CCC/C(C)=C/CC[C@]1(C=O)CCC[C@]12OCCC[C@@H]2C=O. The van der Waals surface area contributed by atoms with Crippen molar-refractivity contribution >= 4 is 12.6 Å². The van der Waals surface area contributed by atoms with E-state index in [0.29, 0.717) is 6.61 Å². The highest BCUT2D eigenvalue weighted by Gasteiger charge is 2.60. The van der Waals surface area contributed by atoms with Crippen molar-refractivity contribution in [3.8, 4) is 0 Å². The van der Waals surface area contributed by atoms with Crippen LogP contribution in [0.25, 0.3) is 0 Å². The van der Waals surface area contributed by atoms with Gasteiger partial charge in [0.2, 0.25) is 0 Å². The van der Waals surface area contributed by atoms with Gasteiger partial charge in [-0.05, 0) is 78.6 Å². The summed E-state index contributed by atoms with van der Waals surface area (Å²) in [5.74, 6) is -0.128. The molecular weight excluding hydrogens is 312 g/mol. The number of hydrogen-bond acceptors (Lipinski definition) is 3. The van der Waals surface area contributed by atoms with Crippen LogP contribution in [0.3, 0.4) is 0 Å². The number of allylic oxidation sites excluding steroid dienone is 4. The summed E-state index contributed by atoms with van der Waals surface area (Å²) in [5.41, 5.74) is 1.70. The zero-order valence-corrected chi connectivity index (χ0v) is 16.2. The van der Waals surface area contributed by atoms with Gasteiger partial charge in [0.15, 0.2) is 0 Å². The maximum absolute atomic E-state index is 12.2. The molecule has 2 fully saturated rings. The maximum Gasteiger partial charge on any atom is 0.129 e. The summed E-state index contributed by atoms with van der Waals surface area (Å²) in [4.78, 5) is 23.8. The summed E-state index contributed by atoms with van der Waals surface area (Å²) >= 11 is 0. The van der Waals surface area contributed by atoms with E-state index in [1.807, 2.05) is 0 Å². The van der Waals surface area contributed by atoms with Crippen molar-refractivity contribution in [2.24, 2.45) is 11.3 Å². The standard InChI is InChI=1S/C22H34O3/c1-18(2)8-4-9-19(3)10-5-12-21(17-24)13-7-14-22(21)20(16-23)11-6-15-25-22/h8,10,16-17,20H,4-7,9,11-15H2,1-3H3/b19-10+/t20-,21-,22-/m1/s1. The summed E-state index contributed by atoms with van der Waals surface area (Å²) in [6.07, 6.45) is 15.0. The lowest BCUT2D eigenvalue weighted by Gasteiger charge is -2.48. The summed E-state index contributed by atoms with van der Waals surface area (Å²) in [7, 11) is 0. The molecule has 1 heterocycles. The van der Waals surface area contributed by atoms with Gasteiger partial charge in [-0.2, -0.15) is 0 Å². The first kappa shape index (κ1) is 20.1. The van der Waals surface area contributed by atoms with Crippen LogP contribution in [-0.2, 0) is 14.3 Å². The van der Waals surface area contributed by atoms with Crippen LogP contribution < -0.4 is 0 Å². The fourth-order valence-corrected chi connectivity index (χ4v) is 4.79. The van der Waals surface area contributed by atoms with E-state index in [1.165, 1.54) is 11.1 Å². The molecule has 1 aliphatic carbocycles. The van der Waals surface area contributed by atoms with Crippen LogP contribution in [0.2, 0.25) is 0 Å². The fraction of sp³-hybridized carbons (Fsp3) is 0.727. The molecule has 2 aliphatic rings. The Hall–Kier alpha value is -1.22. The molecule has 1 spiro atoms. The number of carbonyl (C=O) groups excluding carboxylic acids is 2. The van der Waals surface area contributed by atoms with Gasteiger partial charge in [-0.3, -0.25) is 0 Å². The number of rotatable bonds is 8. The molecule has 0 amide bonds. The molecule has 0 aromatic carbocycles. The minimum absolute atomic E-state index is 0.128. The fourth-order valence-electron chi connectivity index (χ4n) is 4.79. The van der Waals surface area contributed by atoms with Gasteiger partial charge >= 0.3 is 0 Å². The molecule has 25 heavy (non-hydrogen) atoms. The molecule has 0 bridgehead atoms. The van der Waals surface area contributed by atoms with Crippen molar-refractivity contribution in [3.63, 3.8) is 0 Å². The van der Waals surface area contributed by atoms with Gasteiger partial charge in [-0.15, -0.1) is 0 Å². The second kappa shape index (κ2) is 8.93. The Bertz CT molecular complexity index is 529. The molecular formula is C22H34O3. The molecule has 0 aromatic heterocycles. The number of hydrogen-bond donors (Lipinski definition) is 0. The molecule has 1 aliphatic heterocycles. The van der Waals surface area contributed by atoms with Crippen molar-refractivity contribution < 1.29 is 14.3 Å². The molecule has 1 saturated carbocycles. The van der Waals surface area contributed by atoms with E-state index in [0.717, 1.165) is 70.4 Å². The summed E-state index contributed by atoms with van der Waals surface area (Å²) in [6.45, 7) is 7.10. The second-order valence-electron chi connectivity index (χ2n) is 8.16. The van der Waals surface area contributed by atoms with Crippen molar-refractivity contribution in [3.05, 3.63) is 23.3 Å². The lowest BCUT2D eigenvalue weighted by Crippen LogP contribution is -2.55. The third-order valence-electron chi connectivity index (χ3n) is 6.20. The van der Waals surface area contributed by atoms with E-state index in [4.69, 9.17) is 4.74 Å². The maximum atomic E-state index is 12.2. The summed E-state index contributed by atoms with van der Waals surface area (Å²) < 4.78 is 6.19. The highest BCUT2D eigenvalue weighted by Crippen LogP contribution is 2.56. The Labute approximate surface area is 152 Å². The van der Waals surface area contributed by atoms with Crippen LogP contribution in [0.4, 0.5) is 0 Å². The predicted octanol–water partition coefficient (Wildman–Crippen LogP) is 5.19. The first-order chi connectivity index (χ1) is 12.0. The topological polar surface area (TPSA) is 43.4 Å². The molecule has 0 radical (unpaired) electrons. The van der Waals surface area contributed by atoms with Crippen LogP contribution in [0.15, 0.2) is 23.3 Å². The van der Waals surface area contributed by atoms with Crippen molar-refractivity contribution in [2.75, 3.05) is 6.61 Å². The van der Waals surface area contributed by atoms with Crippen LogP contribution in [0.5, 0.6) is 0 Å². The molecule has 3 nitrogen and oxygen atoms in total. The highest BCUT2D eigenvalue weighted by molar-refractivity contribution is 5.67. The second-order valence-corrected chi connectivity index (χ2v) is 8.16. The minimum atomic E-state index is -0.543. The van der Waals surface area contributed by atoms with Gasteiger partial charge < -0.3 is 14.3 Å². The van der Waals surface area contributed by atoms with Gasteiger partial charge in [0.1, 0.15) is 12.6 Å².